The summed E-state index contributed by atoms with van der Waals surface area (Å²) in [5, 5.41) is 3.54. The molecule has 1 amide bonds. The van der Waals surface area contributed by atoms with E-state index in [0.717, 1.165) is 24.8 Å². The SMILES string of the molecule is O=C1NC(c2cccc(Cl)c2)=NC2CCCC12. The molecule has 1 aromatic rings. The zero-order valence-corrected chi connectivity index (χ0v) is 10.1. The molecule has 1 saturated carbocycles. The molecule has 0 saturated heterocycles. The molecule has 1 fully saturated rings. The number of benzene rings is 1. The van der Waals surface area contributed by atoms with Crippen molar-refractivity contribution in [2.45, 2.75) is 25.3 Å². The number of nitrogens with one attached hydrogen (secondary N) is 1. The second-order valence-electron chi connectivity index (χ2n) is 4.58. The summed E-state index contributed by atoms with van der Waals surface area (Å²) in [6, 6.07) is 7.59. The van der Waals surface area contributed by atoms with Crippen molar-refractivity contribution in [2.75, 3.05) is 0 Å². The van der Waals surface area contributed by atoms with Gasteiger partial charge >= 0.3 is 0 Å². The minimum absolute atomic E-state index is 0.0814. The molecule has 3 nitrogen and oxygen atoms in total. The van der Waals surface area contributed by atoms with E-state index in [2.05, 4.69) is 10.3 Å². The first-order chi connectivity index (χ1) is 8.24. The van der Waals surface area contributed by atoms with E-state index >= 15 is 0 Å². The first-order valence-corrected chi connectivity index (χ1v) is 6.26. The summed E-state index contributed by atoms with van der Waals surface area (Å²) < 4.78 is 0. The number of hydrogen-bond acceptors (Lipinski definition) is 2. The molecule has 2 unspecified atom stereocenters. The van der Waals surface area contributed by atoms with Crippen LogP contribution in [0.4, 0.5) is 0 Å². The van der Waals surface area contributed by atoms with Gasteiger partial charge in [0.1, 0.15) is 5.84 Å². The number of carbonyl (C=O) groups excluding carboxylic acids is 1. The first-order valence-electron chi connectivity index (χ1n) is 5.88. The quantitative estimate of drug-likeness (QED) is 0.815. The highest BCUT2D eigenvalue weighted by Crippen LogP contribution is 2.31. The molecular formula is C13H13ClN2O. The van der Waals surface area contributed by atoms with E-state index in [-0.39, 0.29) is 17.9 Å². The highest BCUT2D eigenvalue weighted by molar-refractivity contribution is 6.31. The van der Waals surface area contributed by atoms with Crippen molar-refractivity contribution in [2.24, 2.45) is 10.9 Å². The van der Waals surface area contributed by atoms with Crippen molar-refractivity contribution >= 4 is 23.3 Å². The fraction of sp³-hybridized carbons (Fsp3) is 0.385. The van der Waals surface area contributed by atoms with E-state index in [9.17, 15) is 4.79 Å². The van der Waals surface area contributed by atoms with Crippen LogP contribution in [-0.2, 0) is 4.79 Å². The Kier molecular flexibility index (Phi) is 2.63. The van der Waals surface area contributed by atoms with Crippen LogP contribution in [0.25, 0.3) is 0 Å². The van der Waals surface area contributed by atoms with Crippen LogP contribution < -0.4 is 5.32 Å². The molecule has 17 heavy (non-hydrogen) atoms. The normalized spacial score (nSPS) is 27.4. The largest absolute Gasteiger partial charge is 0.310 e. The van der Waals surface area contributed by atoms with E-state index in [1.165, 1.54) is 0 Å². The van der Waals surface area contributed by atoms with Gasteiger partial charge in [0.2, 0.25) is 5.91 Å². The topological polar surface area (TPSA) is 41.5 Å². The van der Waals surface area contributed by atoms with Gasteiger partial charge < -0.3 is 5.32 Å². The van der Waals surface area contributed by atoms with Gasteiger partial charge in [-0.3, -0.25) is 9.79 Å². The predicted octanol–water partition coefficient (Wildman–Crippen LogP) is 2.39. The van der Waals surface area contributed by atoms with E-state index < -0.39 is 0 Å². The molecule has 1 N–H and O–H groups in total. The summed E-state index contributed by atoms with van der Waals surface area (Å²) in [5.41, 5.74) is 0.885. The molecule has 1 aromatic carbocycles. The fourth-order valence-corrected chi connectivity index (χ4v) is 2.78. The summed E-state index contributed by atoms with van der Waals surface area (Å²) in [4.78, 5) is 16.6. The molecule has 0 spiro atoms. The highest BCUT2D eigenvalue weighted by Gasteiger charge is 2.36. The lowest BCUT2D eigenvalue weighted by Crippen LogP contribution is -2.44. The van der Waals surface area contributed by atoms with Gasteiger partial charge in [-0.15, -0.1) is 0 Å². The number of amides is 1. The Labute approximate surface area is 105 Å². The first kappa shape index (κ1) is 10.8. The van der Waals surface area contributed by atoms with Crippen molar-refractivity contribution in [3.63, 3.8) is 0 Å². The average Bonchev–Trinajstić information content (AvgIpc) is 2.77. The Bertz CT molecular complexity index is 498. The fourth-order valence-electron chi connectivity index (χ4n) is 2.59. The zero-order chi connectivity index (χ0) is 11.8. The molecule has 0 bridgehead atoms. The van der Waals surface area contributed by atoms with Gasteiger partial charge in [0.25, 0.3) is 0 Å². The molecule has 1 heterocycles. The Morgan fingerprint density at radius 1 is 1.35 bits per heavy atom. The summed E-state index contributed by atoms with van der Waals surface area (Å²) in [6.45, 7) is 0. The summed E-state index contributed by atoms with van der Waals surface area (Å²) in [7, 11) is 0. The molecule has 3 rings (SSSR count). The van der Waals surface area contributed by atoms with Crippen LogP contribution in [0.15, 0.2) is 29.3 Å². The molecule has 0 radical (unpaired) electrons. The zero-order valence-electron chi connectivity index (χ0n) is 9.32. The number of halogens is 1. The van der Waals surface area contributed by atoms with Gasteiger partial charge in [0.05, 0.1) is 12.0 Å². The van der Waals surface area contributed by atoms with Crippen LogP contribution in [0.1, 0.15) is 24.8 Å². The van der Waals surface area contributed by atoms with Crippen molar-refractivity contribution in [3.05, 3.63) is 34.9 Å². The minimum atomic E-state index is 0.0814. The lowest BCUT2D eigenvalue weighted by molar-refractivity contribution is -0.124. The Balaban J connectivity index is 1.96. The van der Waals surface area contributed by atoms with Gasteiger partial charge in [0.15, 0.2) is 0 Å². The second kappa shape index (κ2) is 4.15. The number of fused-ring (bicyclic) bond motifs is 1. The van der Waals surface area contributed by atoms with E-state index in [1.54, 1.807) is 0 Å². The number of rotatable bonds is 1. The Hall–Kier alpha value is -1.35. The minimum Gasteiger partial charge on any atom is -0.310 e. The smallest absolute Gasteiger partial charge is 0.230 e. The van der Waals surface area contributed by atoms with E-state index in [4.69, 9.17) is 11.6 Å². The number of nitrogens with zero attached hydrogens (tertiary/aromatic N) is 1. The third-order valence-electron chi connectivity index (χ3n) is 3.45. The van der Waals surface area contributed by atoms with Crippen molar-refractivity contribution in [3.8, 4) is 0 Å². The molecule has 1 aliphatic heterocycles. The maximum atomic E-state index is 11.9. The summed E-state index contributed by atoms with van der Waals surface area (Å²) >= 11 is 5.94. The monoisotopic (exact) mass is 248 g/mol. The standard InChI is InChI=1S/C13H13ClN2O/c14-9-4-1-3-8(7-9)12-15-11-6-2-5-10(11)13(17)16-12/h1,3-4,7,10-11H,2,5-6H2,(H,15,16,17). The number of aliphatic imine (C=N–C) groups is 1. The van der Waals surface area contributed by atoms with Crippen LogP contribution >= 0.6 is 11.6 Å². The second-order valence-corrected chi connectivity index (χ2v) is 5.02. The Morgan fingerprint density at radius 2 is 2.24 bits per heavy atom. The van der Waals surface area contributed by atoms with Gasteiger partial charge in [-0.2, -0.15) is 0 Å². The van der Waals surface area contributed by atoms with Crippen LogP contribution in [0.2, 0.25) is 5.02 Å². The lowest BCUT2D eigenvalue weighted by atomic mass is 10.0. The van der Waals surface area contributed by atoms with E-state index in [0.29, 0.717) is 10.9 Å². The number of hydrogen-bond donors (Lipinski definition) is 1. The van der Waals surface area contributed by atoms with Gasteiger partial charge in [-0.1, -0.05) is 30.2 Å². The van der Waals surface area contributed by atoms with Gasteiger partial charge in [0, 0.05) is 10.6 Å². The maximum Gasteiger partial charge on any atom is 0.230 e. The summed E-state index contributed by atoms with van der Waals surface area (Å²) in [5.74, 6) is 0.857. The van der Waals surface area contributed by atoms with Crippen molar-refractivity contribution in [1.82, 2.24) is 5.32 Å². The molecule has 1 aliphatic carbocycles. The molecular weight excluding hydrogens is 236 g/mol. The molecule has 2 atom stereocenters. The predicted molar refractivity (Wildman–Crippen MR) is 67.3 cm³/mol. The van der Waals surface area contributed by atoms with Crippen molar-refractivity contribution < 1.29 is 4.79 Å². The Morgan fingerprint density at radius 3 is 3.06 bits per heavy atom. The molecule has 88 valence electrons. The molecule has 4 heteroatoms. The number of carbonyl (C=O) groups is 1. The molecule has 0 aromatic heterocycles. The van der Waals surface area contributed by atoms with E-state index in [1.807, 2.05) is 24.3 Å². The van der Waals surface area contributed by atoms with Crippen molar-refractivity contribution in [1.29, 1.82) is 0 Å². The van der Waals surface area contributed by atoms with Gasteiger partial charge in [-0.25, -0.2) is 0 Å². The lowest BCUT2D eigenvalue weighted by Gasteiger charge is -2.23. The van der Waals surface area contributed by atoms with Crippen LogP contribution in [0.3, 0.4) is 0 Å². The molecule has 2 aliphatic rings. The summed E-state index contributed by atoms with van der Waals surface area (Å²) in [6.07, 6.45) is 3.07. The van der Waals surface area contributed by atoms with Crippen LogP contribution in [0.5, 0.6) is 0 Å². The maximum absolute atomic E-state index is 11.9. The van der Waals surface area contributed by atoms with Crippen LogP contribution in [0, 0.1) is 5.92 Å². The number of amidine groups is 1. The third kappa shape index (κ3) is 1.95. The van der Waals surface area contributed by atoms with Gasteiger partial charge in [-0.05, 0) is 25.0 Å². The average molecular weight is 249 g/mol. The third-order valence-corrected chi connectivity index (χ3v) is 3.69. The highest BCUT2D eigenvalue weighted by atomic mass is 35.5. The van der Waals surface area contributed by atoms with Crippen LogP contribution in [-0.4, -0.2) is 17.8 Å².